The smallest absolute Gasteiger partial charge is 0.156 e. The van der Waals surface area contributed by atoms with Crippen LogP contribution < -0.4 is 5.32 Å². The van der Waals surface area contributed by atoms with Gasteiger partial charge in [0.1, 0.15) is 0 Å². The highest BCUT2D eigenvalue weighted by atomic mass is 79.9. The number of thioether (sulfide) groups is 1. The Labute approximate surface area is 106 Å². The Kier molecular flexibility index (Phi) is 18.9. The molecule has 0 aromatic rings. The van der Waals surface area contributed by atoms with Crippen LogP contribution in [0.4, 0.5) is 0 Å². The van der Waals surface area contributed by atoms with Crippen molar-refractivity contribution in [3.8, 4) is 0 Å². The van der Waals surface area contributed by atoms with Crippen molar-refractivity contribution in [1.29, 1.82) is 0 Å². The molecule has 6 heteroatoms. The van der Waals surface area contributed by atoms with E-state index in [9.17, 15) is 0 Å². The molecule has 1 N–H and O–H groups in total. The molecule has 0 spiro atoms. The number of amidine groups is 1. The Hall–Kier alpha value is 0.740. The number of hydrogen-bond acceptors (Lipinski definition) is 3. The van der Waals surface area contributed by atoms with Crippen LogP contribution in [0.3, 0.4) is 0 Å². The van der Waals surface area contributed by atoms with Gasteiger partial charge in [0.05, 0.1) is 0 Å². The lowest BCUT2D eigenvalue weighted by atomic mass is 10.7. The fraction of sp³-hybridized carbons (Fsp3) is 0.857. The zero-order valence-electron chi connectivity index (χ0n) is 8.53. The van der Waals surface area contributed by atoms with Gasteiger partial charge in [-0.1, -0.05) is 11.8 Å². The summed E-state index contributed by atoms with van der Waals surface area (Å²) in [6.45, 7) is 1.09. The molecular weight excluding hydrogens is 318 g/mol. The van der Waals surface area contributed by atoms with E-state index in [1.165, 1.54) is 0 Å². The van der Waals surface area contributed by atoms with E-state index in [0.29, 0.717) is 0 Å². The lowest BCUT2D eigenvalue weighted by Gasteiger charge is -2.09. The topological polar surface area (TPSA) is 27.6 Å². The van der Waals surface area contributed by atoms with Crippen molar-refractivity contribution in [2.45, 2.75) is 0 Å². The molecule has 0 saturated heterocycles. The van der Waals surface area contributed by atoms with Crippen LogP contribution in [-0.2, 0) is 0 Å². The maximum atomic E-state index is 4.05. The maximum Gasteiger partial charge on any atom is 0.156 e. The minimum atomic E-state index is 0. The van der Waals surface area contributed by atoms with Crippen LogP contribution in [0.15, 0.2) is 4.99 Å². The average Bonchev–Trinajstić information content (AvgIpc) is 1.98. The van der Waals surface area contributed by atoms with E-state index in [1.807, 2.05) is 7.05 Å². The molecule has 0 atom stereocenters. The Morgan fingerprint density at radius 2 is 1.92 bits per heavy atom. The van der Waals surface area contributed by atoms with E-state index in [4.69, 9.17) is 0 Å². The summed E-state index contributed by atoms with van der Waals surface area (Å²) in [5, 5.41) is 4.03. The van der Waals surface area contributed by atoms with Crippen LogP contribution in [0.2, 0.25) is 0 Å². The first-order valence-electron chi connectivity index (χ1n) is 3.62. The van der Waals surface area contributed by atoms with Gasteiger partial charge in [0, 0.05) is 26.4 Å². The van der Waals surface area contributed by atoms with Gasteiger partial charge in [-0.2, -0.15) is 0 Å². The van der Waals surface area contributed by atoms with Gasteiger partial charge < -0.3 is 10.2 Å². The van der Waals surface area contributed by atoms with Crippen LogP contribution in [-0.4, -0.2) is 50.6 Å². The summed E-state index contributed by atoms with van der Waals surface area (Å²) in [5.74, 6) is 1.08. The number of nitrogens with one attached hydrogen (secondary N) is 1. The van der Waals surface area contributed by atoms with Crippen LogP contribution >= 0.6 is 45.7 Å². The summed E-state index contributed by atoms with van der Waals surface area (Å²) in [7, 11) is 7.84. The first-order chi connectivity index (χ1) is 5.20. The van der Waals surface area contributed by atoms with Crippen LogP contribution in [0.5, 0.6) is 0 Å². The summed E-state index contributed by atoms with van der Waals surface area (Å²) >= 11 is 1.75. The Morgan fingerprint density at radius 1 is 1.38 bits per heavy atom. The second-order valence-corrected chi connectivity index (χ2v) is 3.51. The average molecular weight is 337 g/mol. The second-order valence-electron chi connectivity index (χ2n) is 2.43. The molecule has 0 rings (SSSR count). The molecule has 0 amide bonds. The van der Waals surface area contributed by atoms with Gasteiger partial charge in [0.25, 0.3) is 0 Å². The van der Waals surface area contributed by atoms with Gasteiger partial charge in [-0.25, -0.2) is 0 Å². The highest BCUT2D eigenvalue weighted by Crippen LogP contribution is 2.00. The fourth-order valence-corrected chi connectivity index (χ4v) is 1.50. The third kappa shape index (κ3) is 12.7. The molecule has 0 bridgehead atoms. The molecular formula is C7H19Br2N3S. The maximum absolute atomic E-state index is 4.05. The molecule has 0 unspecified atom stereocenters. The molecule has 0 saturated carbocycles. The SMILES string of the molecule is Br.Br.CN=C(NC)SCCN(C)C. The molecule has 0 aromatic carbocycles. The van der Waals surface area contributed by atoms with Gasteiger partial charge in [-0.05, 0) is 14.1 Å². The van der Waals surface area contributed by atoms with E-state index in [2.05, 4.69) is 29.3 Å². The third-order valence-corrected chi connectivity index (χ3v) is 2.24. The molecule has 0 fully saturated rings. The summed E-state index contributed by atoms with van der Waals surface area (Å²) in [6, 6.07) is 0. The van der Waals surface area contributed by atoms with Crippen LogP contribution in [0.25, 0.3) is 0 Å². The van der Waals surface area contributed by atoms with Gasteiger partial charge in [-0.15, -0.1) is 34.0 Å². The Balaban J connectivity index is -0.000000500. The summed E-state index contributed by atoms with van der Waals surface area (Å²) in [4.78, 5) is 6.22. The monoisotopic (exact) mass is 335 g/mol. The molecule has 0 aromatic heterocycles. The van der Waals surface area contributed by atoms with Gasteiger partial charge >= 0.3 is 0 Å². The highest BCUT2D eigenvalue weighted by molar-refractivity contribution is 8.93. The minimum absolute atomic E-state index is 0. The van der Waals surface area contributed by atoms with Crippen LogP contribution in [0, 0.1) is 0 Å². The molecule has 0 heterocycles. The molecule has 3 nitrogen and oxygen atoms in total. The van der Waals surface area contributed by atoms with Gasteiger partial charge in [0.15, 0.2) is 5.17 Å². The third-order valence-electron chi connectivity index (χ3n) is 1.19. The number of nitrogens with zero attached hydrogens (tertiary/aromatic N) is 2. The van der Waals surface area contributed by atoms with E-state index >= 15 is 0 Å². The molecule has 0 radical (unpaired) electrons. The van der Waals surface area contributed by atoms with Crippen molar-refractivity contribution in [2.75, 3.05) is 40.5 Å². The first-order valence-corrected chi connectivity index (χ1v) is 4.61. The number of aliphatic imine (C=N–C) groups is 1. The number of hydrogen-bond donors (Lipinski definition) is 1. The lowest BCUT2D eigenvalue weighted by molar-refractivity contribution is 0.437. The molecule has 0 aliphatic rings. The van der Waals surface area contributed by atoms with Crippen molar-refractivity contribution in [3.63, 3.8) is 0 Å². The number of halogens is 2. The van der Waals surface area contributed by atoms with E-state index in [0.717, 1.165) is 17.5 Å². The zero-order chi connectivity index (χ0) is 8.69. The molecule has 0 aliphatic heterocycles. The minimum Gasteiger partial charge on any atom is -0.368 e. The van der Waals surface area contributed by atoms with E-state index < -0.39 is 0 Å². The van der Waals surface area contributed by atoms with Crippen molar-refractivity contribution in [3.05, 3.63) is 0 Å². The number of rotatable bonds is 3. The van der Waals surface area contributed by atoms with Crippen molar-refractivity contribution < 1.29 is 0 Å². The normalized spacial score (nSPS) is 10.4. The Bertz CT molecular complexity index is 131. The van der Waals surface area contributed by atoms with E-state index in [1.54, 1.807) is 18.8 Å². The van der Waals surface area contributed by atoms with Crippen molar-refractivity contribution in [1.82, 2.24) is 10.2 Å². The Morgan fingerprint density at radius 3 is 2.23 bits per heavy atom. The summed E-state index contributed by atoms with van der Waals surface area (Å²) in [5.41, 5.74) is 0. The van der Waals surface area contributed by atoms with Crippen LogP contribution in [0.1, 0.15) is 0 Å². The molecule has 82 valence electrons. The largest absolute Gasteiger partial charge is 0.368 e. The zero-order valence-corrected chi connectivity index (χ0v) is 12.8. The quantitative estimate of drug-likeness (QED) is 0.627. The predicted octanol–water partition coefficient (Wildman–Crippen LogP) is 1.64. The predicted molar refractivity (Wildman–Crippen MR) is 74.1 cm³/mol. The van der Waals surface area contributed by atoms with Gasteiger partial charge in [-0.3, -0.25) is 4.99 Å². The lowest BCUT2D eigenvalue weighted by Crippen LogP contribution is -2.19. The standard InChI is InChI=1S/C7H17N3S.2BrH/c1-8-7(9-2)11-6-5-10(3)4;;/h5-6H2,1-4H3,(H,8,9);2*1H. The molecule has 13 heavy (non-hydrogen) atoms. The fourth-order valence-electron chi connectivity index (χ4n) is 0.573. The van der Waals surface area contributed by atoms with Crippen molar-refractivity contribution in [2.24, 2.45) is 4.99 Å². The van der Waals surface area contributed by atoms with Gasteiger partial charge in [0.2, 0.25) is 0 Å². The highest BCUT2D eigenvalue weighted by Gasteiger charge is 1.95. The summed E-state index contributed by atoms with van der Waals surface area (Å²) in [6.07, 6.45) is 0. The first kappa shape index (κ1) is 19.3. The van der Waals surface area contributed by atoms with Crippen molar-refractivity contribution >= 4 is 50.9 Å². The molecule has 0 aliphatic carbocycles. The van der Waals surface area contributed by atoms with E-state index in [-0.39, 0.29) is 34.0 Å². The summed E-state index contributed by atoms with van der Waals surface area (Å²) < 4.78 is 0. The second kappa shape index (κ2) is 12.7.